The molecule has 3 aromatic rings. The van der Waals surface area contributed by atoms with Crippen LogP contribution < -0.4 is 9.47 Å². The molecular formula is C28H31NO4. The summed E-state index contributed by atoms with van der Waals surface area (Å²) in [7, 11) is 1.65. The molecule has 5 heteroatoms. The lowest BCUT2D eigenvalue weighted by molar-refractivity contribution is -0.137. The van der Waals surface area contributed by atoms with E-state index in [1.165, 1.54) is 5.56 Å². The van der Waals surface area contributed by atoms with Crippen LogP contribution in [0.15, 0.2) is 78.9 Å². The quantitative estimate of drug-likeness (QED) is 0.545. The Morgan fingerprint density at radius 3 is 2.30 bits per heavy atom. The molecule has 0 atom stereocenters. The minimum absolute atomic E-state index is 0.00583. The Hall–Kier alpha value is -3.31. The Balaban J connectivity index is 1.27. The molecule has 4 rings (SSSR count). The highest BCUT2D eigenvalue weighted by Crippen LogP contribution is 2.30. The van der Waals surface area contributed by atoms with Crippen LogP contribution in [0.2, 0.25) is 0 Å². The molecule has 1 heterocycles. The predicted octanol–water partition coefficient (Wildman–Crippen LogP) is 4.73. The van der Waals surface area contributed by atoms with Crippen molar-refractivity contribution in [3.63, 3.8) is 0 Å². The molecule has 0 spiro atoms. The van der Waals surface area contributed by atoms with Gasteiger partial charge in [-0.3, -0.25) is 4.79 Å². The van der Waals surface area contributed by atoms with Gasteiger partial charge in [0, 0.05) is 18.7 Å². The molecule has 1 saturated heterocycles. The van der Waals surface area contributed by atoms with Crippen molar-refractivity contribution < 1.29 is 19.4 Å². The van der Waals surface area contributed by atoms with E-state index in [1.54, 1.807) is 12.0 Å². The van der Waals surface area contributed by atoms with E-state index in [0.29, 0.717) is 38.1 Å². The fourth-order valence-corrected chi connectivity index (χ4v) is 4.27. The summed E-state index contributed by atoms with van der Waals surface area (Å²) in [5, 5.41) is 11.0. The number of likely N-dealkylation sites (tertiary alicyclic amines) is 1. The standard InChI is InChI=1S/C28H31NO4/c1-32-24-13-11-22(12-14-24)15-16-28(31)17-19-29(20-18-28)27(30)21-33-26-10-6-5-9-25(26)23-7-3-2-4-8-23/h2-14,31H,15-21H2,1H3. The Bertz CT molecular complexity index is 1040. The lowest BCUT2D eigenvalue weighted by Gasteiger charge is -2.38. The first-order valence-corrected chi connectivity index (χ1v) is 11.5. The van der Waals surface area contributed by atoms with Crippen molar-refractivity contribution in [1.82, 2.24) is 4.90 Å². The molecule has 1 N–H and O–H groups in total. The lowest BCUT2D eigenvalue weighted by Crippen LogP contribution is -2.48. The average Bonchev–Trinajstić information content (AvgIpc) is 2.87. The van der Waals surface area contributed by atoms with Gasteiger partial charge in [0.05, 0.1) is 12.7 Å². The van der Waals surface area contributed by atoms with Crippen LogP contribution in [0.5, 0.6) is 11.5 Å². The Morgan fingerprint density at radius 1 is 0.939 bits per heavy atom. The summed E-state index contributed by atoms with van der Waals surface area (Å²) in [6.45, 7) is 1.08. The van der Waals surface area contributed by atoms with Gasteiger partial charge in [-0.25, -0.2) is 0 Å². The predicted molar refractivity (Wildman–Crippen MR) is 129 cm³/mol. The Kier molecular flexibility index (Phi) is 7.30. The molecule has 3 aromatic carbocycles. The molecule has 1 amide bonds. The van der Waals surface area contributed by atoms with Crippen LogP contribution in [0.3, 0.4) is 0 Å². The second kappa shape index (κ2) is 10.5. The molecule has 0 aliphatic carbocycles. The second-order valence-corrected chi connectivity index (χ2v) is 8.60. The number of amides is 1. The van der Waals surface area contributed by atoms with Crippen LogP contribution in [-0.4, -0.2) is 48.3 Å². The van der Waals surface area contributed by atoms with Gasteiger partial charge in [-0.15, -0.1) is 0 Å². The number of benzene rings is 3. The van der Waals surface area contributed by atoms with Crippen molar-refractivity contribution in [1.29, 1.82) is 0 Å². The minimum atomic E-state index is -0.739. The van der Waals surface area contributed by atoms with Crippen molar-refractivity contribution in [2.75, 3.05) is 26.8 Å². The minimum Gasteiger partial charge on any atom is -0.497 e. The third kappa shape index (κ3) is 5.93. The summed E-state index contributed by atoms with van der Waals surface area (Å²) >= 11 is 0. The highest BCUT2D eigenvalue weighted by Gasteiger charge is 2.33. The number of piperidine rings is 1. The number of methoxy groups -OCH3 is 1. The van der Waals surface area contributed by atoms with Crippen LogP contribution in [0.25, 0.3) is 11.1 Å². The van der Waals surface area contributed by atoms with E-state index in [4.69, 9.17) is 9.47 Å². The maximum absolute atomic E-state index is 12.8. The normalized spacial score (nSPS) is 15.2. The third-order valence-corrected chi connectivity index (χ3v) is 6.41. The number of para-hydroxylation sites is 1. The monoisotopic (exact) mass is 445 g/mol. The van der Waals surface area contributed by atoms with E-state index in [1.807, 2.05) is 78.9 Å². The molecular weight excluding hydrogens is 414 g/mol. The third-order valence-electron chi connectivity index (χ3n) is 6.41. The molecule has 0 aromatic heterocycles. The first-order chi connectivity index (χ1) is 16.1. The second-order valence-electron chi connectivity index (χ2n) is 8.60. The van der Waals surface area contributed by atoms with E-state index >= 15 is 0 Å². The van der Waals surface area contributed by atoms with Gasteiger partial charge in [-0.2, -0.15) is 0 Å². The van der Waals surface area contributed by atoms with Crippen molar-refractivity contribution in [2.45, 2.75) is 31.3 Å². The number of nitrogens with zero attached hydrogens (tertiary/aromatic N) is 1. The Morgan fingerprint density at radius 2 is 1.61 bits per heavy atom. The van der Waals surface area contributed by atoms with Crippen LogP contribution in [0, 0.1) is 0 Å². The zero-order valence-corrected chi connectivity index (χ0v) is 19.1. The molecule has 1 aliphatic heterocycles. The van der Waals surface area contributed by atoms with Crippen LogP contribution in [-0.2, 0) is 11.2 Å². The van der Waals surface area contributed by atoms with Gasteiger partial charge in [0.2, 0.25) is 0 Å². The molecule has 0 saturated carbocycles. The van der Waals surface area contributed by atoms with Crippen molar-refractivity contribution in [3.8, 4) is 22.6 Å². The fourth-order valence-electron chi connectivity index (χ4n) is 4.27. The largest absolute Gasteiger partial charge is 0.497 e. The van der Waals surface area contributed by atoms with Gasteiger partial charge >= 0.3 is 0 Å². The Labute approximate surface area is 195 Å². The lowest BCUT2D eigenvalue weighted by atomic mass is 9.85. The van der Waals surface area contributed by atoms with Crippen LogP contribution >= 0.6 is 0 Å². The summed E-state index contributed by atoms with van der Waals surface area (Å²) in [6.07, 6.45) is 2.64. The van der Waals surface area contributed by atoms with Gasteiger partial charge in [0.15, 0.2) is 6.61 Å². The summed E-state index contributed by atoms with van der Waals surface area (Å²) in [4.78, 5) is 14.6. The molecule has 1 aliphatic rings. The average molecular weight is 446 g/mol. The van der Waals surface area contributed by atoms with Gasteiger partial charge in [0.25, 0.3) is 5.91 Å². The van der Waals surface area contributed by atoms with Crippen LogP contribution in [0.4, 0.5) is 0 Å². The number of aliphatic hydroxyl groups is 1. The molecule has 1 fully saturated rings. The van der Waals surface area contributed by atoms with Gasteiger partial charge < -0.3 is 19.5 Å². The van der Waals surface area contributed by atoms with Crippen molar-refractivity contribution in [3.05, 3.63) is 84.4 Å². The van der Waals surface area contributed by atoms with Gasteiger partial charge in [-0.1, -0.05) is 60.7 Å². The molecule has 0 bridgehead atoms. The number of carbonyl (C=O) groups excluding carboxylic acids is 1. The van der Waals surface area contributed by atoms with E-state index in [-0.39, 0.29) is 12.5 Å². The molecule has 33 heavy (non-hydrogen) atoms. The molecule has 172 valence electrons. The summed E-state index contributed by atoms with van der Waals surface area (Å²) in [5.41, 5.74) is 2.46. The summed E-state index contributed by atoms with van der Waals surface area (Å²) < 4.78 is 11.1. The van der Waals surface area contributed by atoms with Gasteiger partial charge in [-0.05, 0) is 55.0 Å². The highest BCUT2D eigenvalue weighted by molar-refractivity contribution is 5.78. The van der Waals surface area contributed by atoms with E-state index in [0.717, 1.165) is 23.3 Å². The summed E-state index contributed by atoms with van der Waals surface area (Å²) in [6, 6.07) is 25.7. The molecule has 5 nitrogen and oxygen atoms in total. The zero-order chi connectivity index (χ0) is 23.1. The highest BCUT2D eigenvalue weighted by atomic mass is 16.5. The number of hydrogen-bond donors (Lipinski definition) is 1. The number of aryl methyl sites for hydroxylation is 1. The van der Waals surface area contributed by atoms with E-state index < -0.39 is 5.60 Å². The number of rotatable bonds is 8. The summed E-state index contributed by atoms with van der Waals surface area (Å²) in [5.74, 6) is 1.48. The molecule has 0 unspecified atom stereocenters. The van der Waals surface area contributed by atoms with Gasteiger partial charge in [0.1, 0.15) is 11.5 Å². The fraction of sp³-hybridized carbons (Fsp3) is 0.321. The first kappa shape index (κ1) is 22.9. The van der Waals surface area contributed by atoms with Crippen LogP contribution in [0.1, 0.15) is 24.8 Å². The zero-order valence-electron chi connectivity index (χ0n) is 19.1. The smallest absolute Gasteiger partial charge is 0.260 e. The topological polar surface area (TPSA) is 59.0 Å². The maximum atomic E-state index is 12.8. The maximum Gasteiger partial charge on any atom is 0.260 e. The van der Waals surface area contributed by atoms with E-state index in [9.17, 15) is 9.90 Å². The number of hydrogen-bond acceptors (Lipinski definition) is 4. The number of ether oxygens (including phenoxy) is 2. The van der Waals surface area contributed by atoms with E-state index in [2.05, 4.69) is 0 Å². The van der Waals surface area contributed by atoms with Crippen molar-refractivity contribution >= 4 is 5.91 Å². The SMILES string of the molecule is COc1ccc(CCC2(O)CCN(C(=O)COc3ccccc3-c3ccccc3)CC2)cc1. The first-order valence-electron chi connectivity index (χ1n) is 11.5. The van der Waals surface area contributed by atoms with Crippen molar-refractivity contribution in [2.24, 2.45) is 0 Å². The number of carbonyl (C=O) groups is 1. The molecule has 0 radical (unpaired) electrons.